The summed E-state index contributed by atoms with van der Waals surface area (Å²) in [7, 11) is -3.24. The van der Waals surface area contributed by atoms with Crippen LogP contribution < -0.4 is 5.32 Å². The zero-order valence-electron chi connectivity index (χ0n) is 13.1. The molecule has 3 rings (SSSR count). The second kappa shape index (κ2) is 6.29. The van der Waals surface area contributed by atoms with E-state index in [1.807, 2.05) is 6.07 Å². The molecule has 0 saturated carbocycles. The Labute approximate surface area is 143 Å². The zero-order valence-corrected chi connectivity index (χ0v) is 14.7. The van der Waals surface area contributed by atoms with Crippen LogP contribution in [0.1, 0.15) is 18.4 Å². The van der Waals surface area contributed by atoms with Gasteiger partial charge in [0.25, 0.3) is 0 Å². The van der Waals surface area contributed by atoms with Crippen LogP contribution in [0.5, 0.6) is 0 Å². The predicted octanol–water partition coefficient (Wildman–Crippen LogP) is 2.84. The molecule has 24 heavy (non-hydrogen) atoms. The Morgan fingerprint density at radius 1 is 1.21 bits per heavy atom. The third-order valence-corrected chi connectivity index (χ3v) is 5.62. The normalized spacial score (nSPS) is 12.9. The van der Waals surface area contributed by atoms with Gasteiger partial charge in [-0.25, -0.2) is 18.4 Å². The predicted molar refractivity (Wildman–Crippen MR) is 94.0 cm³/mol. The standard InChI is InChI=1S/C16H15N3O3S2/c1-10(11-5-7-12(8-6-11)24(2,21)22)14(20)19-16-18-13-4-3-9-17-15(13)23-16/h3-10H,1-2H3,(H,18,19,20). The number of benzene rings is 1. The van der Waals surface area contributed by atoms with Crippen LogP contribution in [-0.2, 0) is 14.6 Å². The number of thiazole rings is 1. The Hall–Kier alpha value is -2.32. The number of fused-ring (bicyclic) bond motifs is 1. The molecule has 3 aromatic rings. The molecule has 0 aliphatic carbocycles. The third kappa shape index (κ3) is 3.44. The van der Waals surface area contributed by atoms with Crippen molar-refractivity contribution in [3.63, 3.8) is 0 Å². The SMILES string of the molecule is CC(C(=O)Nc1nc2cccnc2s1)c1ccc(S(C)(=O)=O)cc1. The summed E-state index contributed by atoms with van der Waals surface area (Å²) in [5, 5.41) is 3.28. The quantitative estimate of drug-likeness (QED) is 0.772. The van der Waals surface area contributed by atoms with E-state index in [1.165, 1.54) is 23.5 Å². The van der Waals surface area contributed by atoms with E-state index >= 15 is 0 Å². The summed E-state index contributed by atoms with van der Waals surface area (Å²) in [5.74, 6) is -0.639. The average molecular weight is 361 g/mol. The number of pyridine rings is 1. The highest BCUT2D eigenvalue weighted by Crippen LogP contribution is 2.25. The number of carbonyl (C=O) groups excluding carboxylic acids is 1. The van der Waals surface area contributed by atoms with Crippen molar-refractivity contribution in [3.8, 4) is 0 Å². The molecule has 1 unspecified atom stereocenters. The minimum absolute atomic E-state index is 0.207. The van der Waals surface area contributed by atoms with E-state index in [4.69, 9.17) is 0 Å². The van der Waals surface area contributed by atoms with Crippen LogP contribution in [-0.4, -0.2) is 30.5 Å². The molecule has 1 aromatic carbocycles. The van der Waals surface area contributed by atoms with Crippen molar-refractivity contribution in [1.82, 2.24) is 9.97 Å². The maximum absolute atomic E-state index is 12.4. The summed E-state index contributed by atoms with van der Waals surface area (Å²) in [6, 6.07) is 9.95. The topological polar surface area (TPSA) is 89.0 Å². The van der Waals surface area contributed by atoms with Crippen molar-refractivity contribution in [2.75, 3.05) is 11.6 Å². The van der Waals surface area contributed by atoms with Crippen LogP contribution >= 0.6 is 11.3 Å². The Morgan fingerprint density at radius 2 is 1.92 bits per heavy atom. The van der Waals surface area contributed by atoms with Gasteiger partial charge in [0.1, 0.15) is 10.3 Å². The number of carbonyl (C=O) groups is 1. The van der Waals surface area contributed by atoms with Crippen molar-refractivity contribution in [3.05, 3.63) is 48.2 Å². The fourth-order valence-electron chi connectivity index (χ4n) is 2.19. The van der Waals surface area contributed by atoms with E-state index in [1.54, 1.807) is 31.3 Å². The van der Waals surface area contributed by atoms with Crippen molar-refractivity contribution in [2.45, 2.75) is 17.7 Å². The number of hydrogen-bond acceptors (Lipinski definition) is 6. The summed E-state index contributed by atoms with van der Waals surface area (Å²) in [6.07, 6.45) is 2.83. The van der Waals surface area contributed by atoms with Gasteiger partial charge in [-0.1, -0.05) is 23.5 Å². The minimum atomic E-state index is -3.24. The van der Waals surface area contributed by atoms with Crippen LogP contribution in [0.25, 0.3) is 10.3 Å². The molecular formula is C16H15N3O3S2. The number of hydrogen-bond donors (Lipinski definition) is 1. The molecule has 2 aromatic heterocycles. The van der Waals surface area contributed by atoms with Crippen molar-refractivity contribution >= 4 is 42.6 Å². The van der Waals surface area contributed by atoms with E-state index in [9.17, 15) is 13.2 Å². The maximum atomic E-state index is 12.4. The second-order valence-corrected chi connectivity index (χ2v) is 8.39. The van der Waals surface area contributed by atoms with Crippen LogP contribution in [0.15, 0.2) is 47.5 Å². The highest BCUT2D eigenvalue weighted by molar-refractivity contribution is 7.90. The Balaban J connectivity index is 1.76. The maximum Gasteiger partial charge on any atom is 0.233 e. The first-order valence-corrected chi connectivity index (χ1v) is 9.88. The van der Waals surface area contributed by atoms with Gasteiger partial charge < -0.3 is 5.32 Å². The van der Waals surface area contributed by atoms with E-state index < -0.39 is 15.8 Å². The molecule has 0 fully saturated rings. The number of anilines is 1. The number of nitrogens with zero attached hydrogens (tertiary/aromatic N) is 2. The van der Waals surface area contributed by atoms with Gasteiger partial charge in [-0.15, -0.1) is 0 Å². The van der Waals surface area contributed by atoms with Gasteiger partial charge in [0.05, 0.1) is 10.8 Å². The number of amides is 1. The molecule has 0 radical (unpaired) electrons. The minimum Gasteiger partial charge on any atom is -0.301 e. The van der Waals surface area contributed by atoms with Crippen LogP contribution in [0, 0.1) is 0 Å². The first-order valence-electron chi connectivity index (χ1n) is 7.17. The molecule has 8 heteroatoms. The van der Waals surface area contributed by atoms with Gasteiger partial charge in [0, 0.05) is 12.5 Å². The van der Waals surface area contributed by atoms with Gasteiger partial charge in [0.15, 0.2) is 15.0 Å². The number of nitrogens with one attached hydrogen (secondary N) is 1. The molecule has 1 N–H and O–H groups in total. The number of sulfone groups is 1. The summed E-state index contributed by atoms with van der Waals surface area (Å²) in [6.45, 7) is 1.76. The van der Waals surface area contributed by atoms with E-state index in [0.717, 1.165) is 22.2 Å². The second-order valence-electron chi connectivity index (χ2n) is 5.40. The molecule has 0 saturated heterocycles. The first kappa shape index (κ1) is 16.5. The molecule has 1 atom stereocenters. The summed E-state index contributed by atoms with van der Waals surface area (Å²) in [4.78, 5) is 21.9. The molecule has 2 heterocycles. The van der Waals surface area contributed by atoms with Crippen molar-refractivity contribution in [1.29, 1.82) is 0 Å². The highest BCUT2D eigenvalue weighted by atomic mass is 32.2. The van der Waals surface area contributed by atoms with Crippen molar-refractivity contribution < 1.29 is 13.2 Å². The largest absolute Gasteiger partial charge is 0.301 e. The molecule has 0 aliphatic heterocycles. The molecule has 0 aliphatic rings. The molecule has 6 nitrogen and oxygen atoms in total. The molecule has 0 spiro atoms. The van der Waals surface area contributed by atoms with Crippen LogP contribution in [0.2, 0.25) is 0 Å². The number of aromatic nitrogens is 2. The van der Waals surface area contributed by atoms with Gasteiger partial charge in [0.2, 0.25) is 5.91 Å². The lowest BCUT2D eigenvalue weighted by molar-refractivity contribution is -0.117. The lowest BCUT2D eigenvalue weighted by Gasteiger charge is -2.11. The summed E-state index contributed by atoms with van der Waals surface area (Å²) >= 11 is 1.31. The lowest BCUT2D eigenvalue weighted by Crippen LogP contribution is -2.18. The summed E-state index contributed by atoms with van der Waals surface area (Å²) in [5.41, 5.74) is 1.47. The summed E-state index contributed by atoms with van der Waals surface area (Å²) < 4.78 is 23.0. The Bertz CT molecular complexity index is 962. The molecule has 124 valence electrons. The Morgan fingerprint density at radius 3 is 2.54 bits per heavy atom. The van der Waals surface area contributed by atoms with E-state index in [0.29, 0.717) is 5.13 Å². The van der Waals surface area contributed by atoms with Gasteiger partial charge in [-0.3, -0.25) is 4.79 Å². The zero-order chi connectivity index (χ0) is 17.3. The first-order chi connectivity index (χ1) is 11.3. The van der Waals surface area contributed by atoms with Gasteiger partial charge in [-0.2, -0.15) is 0 Å². The van der Waals surface area contributed by atoms with E-state index in [2.05, 4.69) is 15.3 Å². The highest BCUT2D eigenvalue weighted by Gasteiger charge is 2.18. The number of rotatable bonds is 4. The smallest absolute Gasteiger partial charge is 0.233 e. The fourth-order valence-corrected chi connectivity index (χ4v) is 3.63. The Kier molecular flexibility index (Phi) is 4.33. The molecule has 1 amide bonds. The monoisotopic (exact) mass is 361 g/mol. The third-order valence-electron chi connectivity index (χ3n) is 3.60. The van der Waals surface area contributed by atoms with Crippen molar-refractivity contribution in [2.24, 2.45) is 0 Å². The van der Waals surface area contributed by atoms with Crippen LogP contribution in [0.3, 0.4) is 0 Å². The molecular weight excluding hydrogens is 346 g/mol. The van der Waals surface area contributed by atoms with Crippen LogP contribution in [0.4, 0.5) is 5.13 Å². The lowest BCUT2D eigenvalue weighted by atomic mass is 10.0. The van der Waals surface area contributed by atoms with Gasteiger partial charge >= 0.3 is 0 Å². The van der Waals surface area contributed by atoms with Gasteiger partial charge in [-0.05, 0) is 36.8 Å². The van der Waals surface area contributed by atoms with E-state index in [-0.39, 0.29) is 10.8 Å². The molecule has 0 bridgehead atoms. The average Bonchev–Trinajstić information content (AvgIpc) is 2.95. The fraction of sp³-hybridized carbons (Fsp3) is 0.188.